The molecule has 0 bridgehead atoms. The van der Waals surface area contributed by atoms with Gasteiger partial charge in [0.2, 0.25) is 10.0 Å². The molecule has 16 heavy (non-hydrogen) atoms. The van der Waals surface area contributed by atoms with Gasteiger partial charge in [-0.3, -0.25) is 4.31 Å². The molecule has 0 saturated heterocycles. The minimum absolute atomic E-state index is 0.421. The number of benzene rings is 1. The molecule has 0 aliphatic heterocycles. The molecule has 0 aliphatic rings. The van der Waals surface area contributed by atoms with Crippen LogP contribution >= 0.6 is 0 Å². The summed E-state index contributed by atoms with van der Waals surface area (Å²) in [6.45, 7) is 5.59. The van der Waals surface area contributed by atoms with Crippen LogP contribution < -0.4 is 10.0 Å². The van der Waals surface area contributed by atoms with Crippen molar-refractivity contribution in [3.8, 4) is 0 Å². The van der Waals surface area contributed by atoms with E-state index in [2.05, 4.69) is 0 Å². The van der Waals surface area contributed by atoms with E-state index >= 15 is 0 Å². The van der Waals surface area contributed by atoms with Crippen LogP contribution in [0.5, 0.6) is 0 Å². The fourth-order valence-electron chi connectivity index (χ4n) is 1.40. The van der Waals surface area contributed by atoms with Gasteiger partial charge in [-0.05, 0) is 45.0 Å². The third-order valence-corrected chi connectivity index (χ3v) is 4.65. The highest BCUT2D eigenvalue weighted by molar-refractivity contribution is 7.93. The first-order chi connectivity index (χ1) is 7.39. The first kappa shape index (κ1) is 12.8. The van der Waals surface area contributed by atoms with Crippen LogP contribution in [-0.4, -0.2) is 20.2 Å². The van der Waals surface area contributed by atoms with Gasteiger partial charge in [0, 0.05) is 12.2 Å². The van der Waals surface area contributed by atoms with Crippen molar-refractivity contribution in [3.05, 3.63) is 24.3 Å². The largest absolute Gasteiger partial charge is 0.399 e. The molecular formula is C11H18N2O2S. The lowest BCUT2D eigenvalue weighted by atomic mass is 10.3. The van der Waals surface area contributed by atoms with E-state index in [1.165, 1.54) is 4.31 Å². The minimum atomic E-state index is -3.26. The summed E-state index contributed by atoms with van der Waals surface area (Å²) in [7, 11) is -3.26. The SMILES string of the molecule is CCN(c1ccc(N)cc1)S(=O)(=O)C(C)C. The van der Waals surface area contributed by atoms with E-state index in [1.807, 2.05) is 6.92 Å². The molecule has 0 unspecified atom stereocenters. The van der Waals surface area contributed by atoms with Crippen molar-refractivity contribution in [1.29, 1.82) is 0 Å². The van der Waals surface area contributed by atoms with Crippen LogP contribution in [-0.2, 0) is 10.0 Å². The van der Waals surface area contributed by atoms with Crippen LogP contribution in [0.15, 0.2) is 24.3 Å². The molecule has 0 aromatic heterocycles. The molecule has 0 radical (unpaired) electrons. The maximum Gasteiger partial charge on any atom is 0.237 e. The number of rotatable bonds is 4. The quantitative estimate of drug-likeness (QED) is 0.819. The van der Waals surface area contributed by atoms with Crippen LogP contribution in [0.2, 0.25) is 0 Å². The molecule has 1 rings (SSSR count). The first-order valence-corrected chi connectivity index (χ1v) is 6.77. The highest BCUT2D eigenvalue weighted by Crippen LogP contribution is 2.21. The van der Waals surface area contributed by atoms with E-state index in [1.54, 1.807) is 38.1 Å². The average Bonchev–Trinajstić information content (AvgIpc) is 2.21. The summed E-state index contributed by atoms with van der Waals surface area (Å²) in [6, 6.07) is 6.85. The van der Waals surface area contributed by atoms with Crippen LogP contribution in [0.25, 0.3) is 0 Å². The first-order valence-electron chi connectivity index (χ1n) is 5.26. The number of nitrogens with two attached hydrogens (primary N) is 1. The number of sulfonamides is 1. The summed E-state index contributed by atoms with van der Waals surface area (Å²) in [4.78, 5) is 0. The van der Waals surface area contributed by atoms with Crippen molar-refractivity contribution in [2.45, 2.75) is 26.0 Å². The zero-order chi connectivity index (χ0) is 12.3. The average molecular weight is 242 g/mol. The molecule has 0 aliphatic carbocycles. The van der Waals surface area contributed by atoms with Crippen molar-refractivity contribution in [2.75, 3.05) is 16.6 Å². The lowest BCUT2D eigenvalue weighted by Crippen LogP contribution is -2.36. The van der Waals surface area contributed by atoms with E-state index in [0.717, 1.165) is 0 Å². The summed E-state index contributed by atoms with van der Waals surface area (Å²) in [5, 5.41) is -0.426. The van der Waals surface area contributed by atoms with Gasteiger partial charge in [-0.2, -0.15) is 0 Å². The Labute approximate surface area is 97.1 Å². The van der Waals surface area contributed by atoms with Crippen molar-refractivity contribution in [3.63, 3.8) is 0 Å². The number of hydrogen-bond donors (Lipinski definition) is 1. The zero-order valence-corrected chi connectivity index (χ0v) is 10.7. The fraction of sp³-hybridized carbons (Fsp3) is 0.455. The molecule has 0 amide bonds. The van der Waals surface area contributed by atoms with E-state index in [4.69, 9.17) is 5.73 Å². The molecule has 0 atom stereocenters. The van der Waals surface area contributed by atoms with E-state index in [0.29, 0.717) is 17.9 Å². The lowest BCUT2D eigenvalue weighted by Gasteiger charge is -2.25. The Morgan fingerprint density at radius 1 is 1.25 bits per heavy atom. The summed E-state index contributed by atoms with van der Waals surface area (Å²) in [6.07, 6.45) is 0. The predicted molar refractivity (Wildman–Crippen MR) is 67.9 cm³/mol. The molecule has 5 heteroatoms. The third kappa shape index (κ3) is 2.47. The molecule has 0 heterocycles. The van der Waals surface area contributed by atoms with Crippen molar-refractivity contribution >= 4 is 21.4 Å². The van der Waals surface area contributed by atoms with Crippen molar-refractivity contribution in [1.82, 2.24) is 0 Å². The van der Waals surface area contributed by atoms with Crippen molar-refractivity contribution < 1.29 is 8.42 Å². The number of nitrogen functional groups attached to an aromatic ring is 1. The van der Waals surface area contributed by atoms with Gasteiger partial charge in [-0.15, -0.1) is 0 Å². The summed E-state index contributed by atoms with van der Waals surface area (Å²) in [5.74, 6) is 0. The maximum absolute atomic E-state index is 12.0. The molecule has 1 aromatic rings. The molecular weight excluding hydrogens is 224 g/mol. The number of nitrogens with zero attached hydrogens (tertiary/aromatic N) is 1. The molecule has 1 aromatic carbocycles. The van der Waals surface area contributed by atoms with Gasteiger partial charge in [0.25, 0.3) is 0 Å². The second kappa shape index (κ2) is 4.74. The molecule has 0 fully saturated rings. The monoisotopic (exact) mass is 242 g/mol. The summed E-state index contributed by atoms with van der Waals surface area (Å²) >= 11 is 0. The summed E-state index contributed by atoms with van der Waals surface area (Å²) in [5.41, 5.74) is 6.85. The Kier molecular flexibility index (Phi) is 3.80. The Hall–Kier alpha value is -1.23. The smallest absolute Gasteiger partial charge is 0.237 e. The normalized spacial score (nSPS) is 11.8. The van der Waals surface area contributed by atoms with Crippen LogP contribution in [0.4, 0.5) is 11.4 Å². The van der Waals surface area contributed by atoms with E-state index in [-0.39, 0.29) is 0 Å². The van der Waals surface area contributed by atoms with Crippen LogP contribution in [0, 0.1) is 0 Å². The van der Waals surface area contributed by atoms with Gasteiger partial charge in [0.15, 0.2) is 0 Å². The van der Waals surface area contributed by atoms with Gasteiger partial charge in [0.05, 0.1) is 10.9 Å². The highest BCUT2D eigenvalue weighted by atomic mass is 32.2. The number of hydrogen-bond acceptors (Lipinski definition) is 3. The van der Waals surface area contributed by atoms with Crippen LogP contribution in [0.3, 0.4) is 0 Å². The number of anilines is 2. The Balaban J connectivity index is 3.13. The van der Waals surface area contributed by atoms with Crippen molar-refractivity contribution in [2.24, 2.45) is 0 Å². The highest BCUT2D eigenvalue weighted by Gasteiger charge is 2.24. The standard InChI is InChI=1S/C11H18N2O2S/c1-4-13(16(14,15)9(2)3)11-7-5-10(12)6-8-11/h5-9H,4,12H2,1-3H3. The molecule has 4 nitrogen and oxygen atoms in total. The molecule has 0 saturated carbocycles. The fourth-order valence-corrected chi connectivity index (χ4v) is 2.69. The maximum atomic E-state index is 12.0. The van der Waals surface area contributed by atoms with E-state index in [9.17, 15) is 8.42 Å². The molecule has 90 valence electrons. The zero-order valence-electron chi connectivity index (χ0n) is 9.84. The molecule has 2 N–H and O–H groups in total. The third-order valence-electron chi connectivity index (χ3n) is 2.37. The molecule has 0 spiro atoms. The second-order valence-electron chi connectivity index (χ2n) is 3.85. The Bertz CT molecular complexity index is 438. The van der Waals surface area contributed by atoms with Gasteiger partial charge in [-0.25, -0.2) is 8.42 Å². The van der Waals surface area contributed by atoms with Gasteiger partial charge in [-0.1, -0.05) is 0 Å². The second-order valence-corrected chi connectivity index (χ2v) is 6.26. The van der Waals surface area contributed by atoms with Gasteiger partial charge < -0.3 is 5.73 Å². The van der Waals surface area contributed by atoms with Crippen LogP contribution in [0.1, 0.15) is 20.8 Å². The minimum Gasteiger partial charge on any atom is -0.399 e. The lowest BCUT2D eigenvalue weighted by molar-refractivity contribution is 0.583. The van der Waals surface area contributed by atoms with E-state index < -0.39 is 15.3 Å². The van der Waals surface area contributed by atoms with Gasteiger partial charge in [0.1, 0.15) is 0 Å². The Morgan fingerprint density at radius 2 is 1.75 bits per heavy atom. The topological polar surface area (TPSA) is 63.4 Å². The summed E-state index contributed by atoms with van der Waals surface area (Å²) < 4.78 is 25.5. The van der Waals surface area contributed by atoms with Gasteiger partial charge >= 0.3 is 0 Å². The predicted octanol–water partition coefficient (Wildman–Crippen LogP) is 1.83. The Morgan fingerprint density at radius 3 is 2.12 bits per heavy atom.